The van der Waals surface area contributed by atoms with Crippen LogP contribution in [0.25, 0.3) is 10.8 Å². The minimum atomic E-state index is -0.566. The Morgan fingerprint density at radius 3 is 2.58 bits per heavy atom. The number of hydrogen-bond donors (Lipinski definition) is 2. The molecule has 1 aromatic heterocycles. The molecule has 1 fully saturated rings. The van der Waals surface area contributed by atoms with E-state index in [1.54, 1.807) is 17.0 Å². The van der Waals surface area contributed by atoms with E-state index in [1.807, 2.05) is 61.0 Å². The van der Waals surface area contributed by atoms with Gasteiger partial charge in [-0.3, -0.25) is 14.3 Å². The third-order valence-corrected chi connectivity index (χ3v) is 7.09. The summed E-state index contributed by atoms with van der Waals surface area (Å²) in [6.07, 6.45) is 1.34. The molecule has 5 rings (SSSR count). The number of nitrogens with one attached hydrogen (secondary N) is 1. The molecule has 1 unspecified atom stereocenters. The molecule has 7 nitrogen and oxygen atoms in total. The lowest BCUT2D eigenvalue weighted by molar-refractivity contribution is -0.125. The van der Waals surface area contributed by atoms with Crippen LogP contribution in [-0.4, -0.2) is 44.2 Å². The average molecular weight is 483 g/mol. The van der Waals surface area contributed by atoms with Crippen LogP contribution in [0.3, 0.4) is 0 Å². The van der Waals surface area contributed by atoms with E-state index < -0.39 is 6.04 Å². The van der Waals surface area contributed by atoms with Crippen LogP contribution in [0.15, 0.2) is 66.7 Å². The molecular weight excluding hydrogens is 452 g/mol. The van der Waals surface area contributed by atoms with Crippen LogP contribution in [-0.2, 0) is 17.9 Å². The van der Waals surface area contributed by atoms with Gasteiger partial charge in [0.2, 0.25) is 5.91 Å². The van der Waals surface area contributed by atoms with Crippen molar-refractivity contribution >= 4 is 22.6 Å². The van der Waals surface area contributed by atoms with E-state index in [4.69, 9.17) is 0 Å². The van der Waals surface area contributed by atoms with Crippen molar-refractivity contribution in [1.82, 2.24) is 20.0 Å². The number of carbonyl (C=O) groups excluding carboxylic acids is 2. The first kappa shape index (κ1) is 23.6. The van der Waals surface area contributed by atoms with Gasteiger partial charge in [-0.1, -0.05) is 60.7 Å². The van der Waals surface area contributed by atoms with Crippen molar-refractivity contribution in [3.8, 4) is 5.75 Å². The molecule has 4 aromatic rings. The van der Waals surface area contributed by atoms with E-state index in [1.165, 1.54) is 0 Å². The Kier molecular flexibility index (Phi) is 6.46. The number of amides is 2. The molecule has 0 bridgehead atoms. The number of carbonyl (C=O) groups is 2. The van der Waals surface area contributed by atoms with Gasteiger partial charge in [0.05, 0.1) is 17.8 Å². The number of hydrogen-bond acceptors (Lipinski definition) is 4. The summed E-state index contributed by atoms with van der Waals surface area (Å²) in [5, 5.41) is 20.0. The Bertz CT molecular complexity index is 1430. The van der Waals surface area contributed by atoms with Crippen LogP contribution >= 0.6 is 0 Å². The maximum Gasteiger partial charge on any atom is 0.258 e. The number of aryl methyl sites for hydroxylation is 1. The Balaban J connectivity index is 1.29. The van der Waals surface area contributed by atoms with E-state index in [9.17, 15) is 14.7 Å². The third-order valence-electron chi connectivity index (χ3n) is 7.09. The van der Waals surface area contributed by atoms with Crippen LogP contribution in [0.4, 0.5) is 0 Å². The molecule has 2 heterocycles. The van der Waals surface area contributed by atoms with Crippen molar-refractivity contribution in [2.45, 2.75) is 45.8 Å². The quantitative estimate of drug-likeness (QED) is 0.428. The molecule has 1 aliphatic heterocycles. The number of phenolic OH excluding ortho intramolecular Hbond substituents is 1. The van der Waals surface area contributed by atoms with E-state index in [0.717, 1.165) is 34.3 Å². The van der Waals surface area contributed by atoms with Gasteiger partial charge in [0, 0.05) is 29.7 Å². The molecule has 1 aliphatic rings. The standard InChI is InChI=1S/C29H30N4O3/c1-19-25(20(2)33(31-19)18-21-9-4-3-5-10-21)17-30-28(35)26-13-8-16-32(26)29(36)24-15-14-22-11-6-7-12-23(22)27(24)34/h3-7,9-12,14-15,26,34H,8,13,16-18H2,1-2H3,(H,30,35). The first-order valence-corrected chi connectivity index (χ1v) is 12.3. The molecule has 184 valence electrons. The highest BCUT2D eigenvalue weighted by Crippen LogP contribution is 2.31. The van der Waals surface area contributed by atoms with Crippen molar-refractivity contribution < 1.29 is 14.7 Å². The molecule has 0 saturated carbocycles. The van der Waals surface area contributed by atoms with Gasteiger partial charge < -0.3 is 15.3 Å². The SMILES string of the molecule is Cc1nn(Cc2ccccc2)c(C)c1CNC(=O)C1CCCN1C(=O)c1ccc2ccccc2c1O. The molecule has 0 aliphatic carbocycles. The predicted octanol–water partition coefficient (Wildman–Crippen LogP) is 4.33. The molecule has 1 saturated heterocycles. The molecule has 1 atom stereocenters. The van der Waals surface area contributed by atoms with Gasteiger partial charge in [-0.05, 0) is 43.7 Å². The highest BCUT2D eigenvalue weighted by molar-refractivity contribution is 6.05. The largest absolute Gasteiger partial charge is 0.506 e. The number of likely N-dealkylation sites (tertiary alicyclic amines) is 1. The molecule has 0 spiro atoms. The Morgan fingerprint density at radius 1 is 1.03 bits per heavy atom. The summed E-state index contributed by atoms with van der Waals surface area (Å²) in [6, 6.07) is 20.4. The maximum absolute atomic E-state index is 13.4. The minimum absolute atomic E-state index is 0.0405. The highest BCUT2D eigenvalue weighted by atomic mass is 16.3. The molecular formula is C29H30N4O3. The lowest BCUT2D eigenvalue weighted by Gasteiger charge is -2.24. The Morgan fingerprint density at radius 2 is 1.78 bits per heavy atom. The van der Waals surface area contributed by atoms with Gasteiger partial charge in [0.25, 0.3) is 5.91 Å². The summed E-state index contributed by atoms with van der Waals surface area (Å²) >= 11 is 0. The fraction of sp³-hybridized carbons (Fsp3) is 0.276. The van der Waals surface area contributed by atoms with Crippen LogP contribution in [0, 0.1) is 13.8 Å². The topological polar surface area (TPSA) is 87.5 Å². The summed E-state index contributed by atoms with van der Waals surface area (Å²) in [5.41, 5.74) is 4.27. The lowest BCUT2D eigenvalue weighted by atomic mass is 10.0. The highest BCUT2D eigenvalue weighted by Gasteiger charge is 2.35. The van der Waals surface area contributed by atoms with Crippen molar-refractivity contribution in [3.05, 3.63) is 94.8 Å². The number of benzene rings is 3. The second-order valence-electron chi connectivity index (χ2n) is 9.35. The van der Waals surface area contributed by atoms with E-state index in [2.05, 4.69) is 22.5 Å². The van der Waals surface area contributed by atoms with Crippen LogP contribution < -0.4 is 5.32 Å². The van der Waals surface area contributed by atoms with Gasteiger partial charge in [0.1, 0.15) is 11.8 Å². The van der Waals surface area contributed by atoms with Crippen molar-refractivity contribution in [2.75, 3.05) is 6.54 Å². The molecule has 36 heavy (non-hydrogen) atoms. The number of aromatic nitrogens is 2. The van der Waals surface area contributed by atoms with Gasteiger partial charge in [-0.2, -0.15) is 5.10 Å². The average Bonchev–Trinajstić information content (AvgIpc) is 3.48. The lowest BCUT2D eigenvalue weighted by Crippen LogP contribution is -2.45. The zero-order valence-corrected chi connectivity index (χ0v) is 20.6. The van der Waals surface area contributed by atoms with Gasteiger partial charge in [-0.15, -0.1) is 0 Å². The monoisotopic (exact) mass is 482 g/mol. The molecule has 0 radical (unpaired) electrons. The van der Waals surface area contributed by atoms with Crippen LogP contribution in [0.2, 0.25) is 0 Å². The number of rotatable bonds is 6. The van der Waals surface area contributed by atoms with E-state index >= 15 is 0 Å². The number of nitrogens with zero attached hydrogens (tertiary/aromatic N) is 3. The zero-order chi connectivity index (χ0) is 25.2. The fourth-order valence-electron chi connectivity index (χ4n) is 5.06. The Labute approximate surface area is 210 Å². The second kappa shape index (κ2) is 9.85. The van der Waals surface area contributed by atoms with Gasteiger partial charge in [0.15, 0.2) is 0 Å². The second-order valence-corrected chi connectivity index (χ2v) is 9.35. The fourth-order valence-corrected chi connectivity index (χ4v) is 5.06. The van der Waals surface area contributed by atoms with Gasteiger partial charge >= 0.3 is 0 Å². The van der Waals surface area contributed by atoms with E-state index in [-0.39, 0.29) is 23.1 Å². The summed E-state index contributed by atoms with van der Waals surface area (Å²) in [7, 11) is 0. The number of fused-ring (bicyclic) bond motifs is 1. The third kappa shape index (κ3) is 4.44. The van der Waals surface area contributed by atoms with Crippen LogP contribution in [0.5, 0.6) is 5.75 Å². The van der Waals surface area contributed by atoms with Crippen LogP contribution in [0.1, 0.15) is 45.7 Å². The number of aromatic hydroxyl groups is 1. The first-order valence-electron chi connectivity index (χ1n) is 12.3. The smallest absolute Gasteiger partial charge is 0.258 e. The number of phenols is 1. The van der Waals surface area contributed by atoms with Crippen molar-refractivity contribution in [3.63, 3.8) is 0 Å². The summed E-state index contributed by atoms with van der Waals surface area (Å²) in [4.78, 5) is 28.1. The first-order chi connectivity index (χ1) is 17.4. The normalized spacial score (nSPS) is 15.4. The predicted molar refractivity (Wildman–Crippen MR) is 139 cm³/mol. The molecule has 7 heteroatoms. The zero-order valence-electron chi connectivity index (χ0n) is 20.6. The summed E-state index contributed by atoms with van der Waals surface area (Å²) in [6.45, 7) is 5.46. The minimum Gasteiger partial charge on any atom is -0.506 e. The maximum atomic E-state index is 13.4. The van der Waals surface area contributed by atoms with Gasteiger partial charge in [-0.25, -0.2) is 0 Å². The van der Waals surface area contributed by atoms with Crippen molar-refractivity contribution in [2.24, 2.45) is 0 Å². The molecule has 2 N–H and O–H groups in total. The summed E-state index contributed by atoms with van der Waals surface area (Å²) < 4.78 is 1.96. The van der Waals surface area contributed by atoms with E-state index in [0.29, 0.717) is 31.4 Å². The Hall–Kier alpha value is -4.13. The molecule has 2 amide bonds. The summed E-state index contributed by atoms with van der Waals surface area (Å²) in [5.74, 6) is -0.545. The van der Waals surface area contributed by atoms with Crippen molar-refractivity contribution in [1.29, 1.82) is 0 Å². The molecule has 3 aromatic carbocycles.